The highest BCUT2D eigenvalue weighted by Crippen LogP contribution is 2.53. The van der Waals surface area contributed by atoms with Gasteiger partial charge in [0.15, 0.2) is 0 Å². The largest absolute Gasteiger partial charge is 0.469 e. The van der Waals surface area contributed by atoms with Crippen molar-refractivity contribution in [1.82, 2.24) is 9.88 Å². The van der Waals surface area contributed by atoms with Crippen LogP contribution in [-0.4, -0.2) is 47.1 Å². The lowest BCUT2D eigenvalue weighted by molar-refractivity contribution is -0.151. The average molecular weight is 314 g/mol. The van der Waals surface area contributed by atoms with Gasteiger partial charge >= 0.3 is 5.97 Å². The van der Waals surface area contributed by atoms with Crippen molar-refractivity contribution in [1.29, 1.82) is 0 Å². The Hall–Kier alpha value is -2.21. The van der Waals surface area contributed by atoms with Crippen molar-refractivity contribution in [2.24, 2.45) is 11.8 Å². The first-order chi connectivity index (χ1) is 11.1. The van der Waals surface area contributed by atoms with Gasteiger partial charge in [0.05, 0.1) is 31.7 Å². The van der Waals surface area contributed by atoms with Gasteiger partial charge in [-0.1, -0.05) is 12.2 Å². The maximum atomic E-state index is 13.0. The lowest BCUT2D eigenvalue weighted by atomic mass is 9.77. The summed E-state index contributed by atoms with van der Waals surface area (Å²) in [6.45, 7) is 2.44. The number of hydrogen-bond acceptors (Lipinski definition) is 5. The van der Waals surface area contributed by atoms with Gasteiger partial charge in [-0.15, -0.1) is 0 Å². The van der Waals surface area contributed by atoms with Crippen molar-refractivity contribution >= 4 is 11.9 Å². The van der Waals surface area contributed by atoms with Crippen LogP contribution in [0.1, 0.15) is 18.5 Å². The molecule has 0 unspecified atom stereocenters. The molecule has 2 saturated heterocycles. The molecule has 23 heavy (non-hydrogen) atoms. The van der Waals surface area contributed by atoms with Gasteiger partial charge < -0.3 is 14.4 Å². The number of rotatable bonds is 3. The Morgan fingerprint density at radius 2 is 2.22 bits per heavy atom. The predicted molar refractivity (Wildman–Crippen MR) is 80.1 cm³/mol. The summed E-state index contributed by atoms with van der Waals surface area (Å²) in [7, 11) is 1.35. The van der Waals surface area contributed by atoms with Crippen LogP contribution in [0.3, 0.4) is 0 Å². The molecule has 4 heterocycles. The first-order valence-electron chi connectivity index (χ1n) is 7.73. The van der Waals surface area contributed by atoms with E-state index in [2.05, 4.69) is 4.98 Å². The fourth-order valence-electron chi connectivity index (χ4n) is 4.08. The van der Waals surface area contributed by atoms with Crippen LogP contribution in [-0.2, 0) is 19.1 Å². The summed E-state index contributed by atoms with van der Waals surface area (Å²) in [6, 6.07) is 3.70. The van der Waals surface area contributed by atoms with Gasteiger partial charge in [0.25, 0.3) is 0 Å². The number of pyridine rings is 1. The van der Waals surface area contributed by atoms with E-state index in [9.17, 15) is 9.59 Å². The van der Waals surface area contributed by atoms with E-state index in [-0.39, 0.29) is 24.0 Å². The van der Waals surface area contributed by atoms with E-state index in [0.29, 0.717) is 6.54 Å². The Labute approximate surface area is 134 Å². The van der Waals surface area contributed by atoms with E-state index in [1.165, 1.54) is 7.11 Å². The highest BCUT2D eigenvalue weighted by atomic mass is 16.5. The van der Waals surface area contributed by atoms with E-state index in [1.807, 2.05) is 31.2 Å². The normalized spacial score (nSPS) is 35.5. The van der Waals surface area contributed by atoms with E-state index in [1.54, 1.807) is 17.3 Å². The second-order valence-corrected chi connectivity index (χ2v) is 6.35. The molecule has 1 amide bonds. The maximum Gasteiger partial charge on any atom is 0.312 e. The second-order valence-electron chi connectivity index (χ2n) is 6.35. The molecule has 0 N–H and O–H groups in total. The first-order valence-corrected chi connectivity index (χ1v) is 7.73. The molecule has 0 radical (unpaired) electrons. The molecule has 3 aliphatic rings. The van der Waals surface area contributed by atoms with Gasteiger partial charge in [-0.2, -0.15) is 0 Å². The third-order valence-electron chi connectivity index (χ3n) is 5.26. The number of methoxy groups -OCH3 is 1. The summed E-state index contributed by atoms with van der Waals surface area (Å²) in [5, 5.41) is 0. The molecule has 2 fully saturated rings. The van der Waals surface area contributed by atoms with Gasteiger partial charge in [0.2, 0.25) is 5.91 Å². The van der Waals surface area contributed by atoms with Crippen molar-refractivity contribution in [2.45, 2.75) is 24.7 Å². The van der Waals surface area contributed by atoms with Crippen LogP contribution in [0, 0.1) is 11.8 Å². The van der Waals surface area contributed by atoms with Gasteiger partial charge in [-0.05, 0) is 24.6 Å². The number of hydrogen-bond donors (Lipinski definition) is 0. The van der Waals surface area contributed by atoms with Crippen LogP contribution in [0.15, 0.2) is 36.7 Å². The van der Waals surface area contributed by atoms with Crippen LogP contribution in [0.5, 0.6) is 0 Å². The van der Waals surface area contributed by atoms with Gasteiger partial charge in [0.1, 0.15) is 11.5 Å². The fourth-order valence-corrected chi connectivity index (χ4v) is 4.08. The zero-order chi connectivity index (χ0) is 16.2. The van der Waals surface area contributed by atoms with Crippen molar-refractivity contribution in [2.75, 3.05) is 13.7 Å². The Balaban J connectivity index is 1.67. The number of nitrogens with zero attached hydrogens (tertiary/aromatic N) is 2. The summed E-state index contributed by atoms with van der Waals surface area (Å²) in [5.74, 6) is -1.46. The molecule has 2 bridgehead atoms. The Bertz CT molecular complexity index is 689. The van der Waals surface area contributed by atoms with Gasteiger partial charge in [-0.3, -0.25) is 14.6 Å². The summed E-state index contributed by atoms with van der Waals surface area (Å²) >= 11 is 0. The standard InChI is InChI=1S/C17H18N2O4/c1-10(11-4-7-18-8-5-11)19-9-17-6-3-12(23-17)13(16(21)22-2)14(17)15(19)20/h3-8,10,12-14H,9H2,1-2H3/t10-,12+,13-,14+,17+/m0/s1. The molecule has 6 heteroatoms. The zero-order valence-corrected chi connectivity index (χ0v) is 13.0. The smallest absolute Gasteiger partial charge is 0.312 e. The molecule has 1 spiro atoms. The predicted octanol–water partition coefficient (Wildman–Crippen LogP) is 1.10. The van der Waals surface area contributed by atoms with Gasteiger partial charge in [0, 0.05) is 12.4 Å². The quantitative estimate of drug-likeness (QED) is 0.617. The number of aromatic nitrogens is 1. The summed E-state index contributed by atoms with van der Waals surface area (Å²) < 4.78 is 10.9. The summed E-state index contributed by atoms with van der Waals surface area (Å²) in [6.07, 6.45) is 6.90. The Morgan fingerprint density at radius 1 is 1.48 bits per heavy atom. The topological polar surface area (TPSA) is 68.7 Å². The third kappa shape index (κ3) is 1.88. The molecule has 6 nitrogen and oxygen atoms in total. The molecule has 0 aromatic carbocycles. The number of carbonyl (C=O) groups is 2. The SMILES string of the molecule is COC(=O)[C@H]1[C@H]2C=C[C@]3(CN([C@@H](C)c4ccncc4)C(=O)[C@@H]13)O2. The van der Waals surface area contributed by atoms with Crippen molar-refractivity contribution in [3.63, 3.8) is 0 Å². The van der Waals surface area contributed by atoms with Crippen LogP contribution in [0.2, 0.25) is 0 Å². The molecule has 5 atom stereocenters. The van der Waals surface area contributed by atoms with E-state index in [4.69, 9.17) is 9.47 Å². The lowest BCUT2D eigenvalue weighted by Gasteiger charge is -2.27. The maximum absolute atomic E-state index is 13.0. The molecule has 0 saturated carbocycles. The minimum absolute atomic E-state index is 0.0448. The lowest BCUT2D eigenvalue weighted by Crippen LogP contribution is -2.39. The second kappa shape index (κ2) is 4.89. The van der Waals surface area contributed by atoms with Crippen molar-refractivity contribution in [3.05, 3.63) is 42.2 Å². The molecule has 4 rings (SSSR count). The van der Waals surface area contributed by atoms with E-state index >= 15 is 0 Å². The number of ether oxygens (including phenoxy) is 2. The third-order valence-corrected chi connectivity index (χ3v) is 5.26. The van der Waals surface area contributed by atoms with E-state index in [0.717, 1.165) is 5.56 Å². The summed E-state index contributed by atoms with van der Waals surface area (Å²) in [4.78, 5) is 30.9. The molecule has 3 aliphatic heterocycles. The number of fused-ring (bicyclic) bond motifs is 1. The van der Waals surface area contributed by atoms with Crippen molar-refractivity contribution < 1.29 is 19.1 Å². The molecular formula is C17H18N2O4. The molecule has 0 aliphatic carbocycles. The van der Waals surface area contributed by atoms with Crippen LogP contribution in [0.25, 0.3) is 0 Å². The van der Waals surface area contributed by atoms with Crippen LogP contribution >= 0.6 is 0 Å². The molecule has 1 aromatic heterocycles. The Kier molecular flexibility index (Phi) is 3.06. The monoisotopic (exact) mass is 314 g/mol. The highest BCUT2D eigenvalue weighted by Gasteiger charge is 2.67. The van der Waals surface area contributed by atoms with E-state index < -0.39 is 17.4 Å². The summed E-state index contributed by atoms with van der Waals surface area (Å²) in [5.41, 5.74) is 0.319. The minimum Gasteiger partial charge on any atom is -0.469 e. The van der Waals surface area contributed by atoms with Crippen LogP contribution < -0.4 is 0 Å². The molecule has 120 valence electrons. The first kappa shape index (κ1) is 14.4. The number of carbonyl (C=O) groups excluding carboxylic acids is 2. The fraction of sp³-hybridized carbons (Fsp3) is 0.471. The number of likely N-dealkylation sites (tertiary alicyclic amines) is 1. The van der Waals surface area contributed by atoms with Crippen LogP contribution in [0.4, 0.5) is 0 Å². The number of amides is 1. The Morgan fingerprint density at radius 3 is 2.91 bits per heavy atom. The number of esters is 1. The average Bonchev–Trinajstić information content (AvgIpc) is 3.22. The van der Waals surface area contributed by atoms with Crippen molar-refractivity contribution in [3.8, 4) is 0 Å². The molecular weight excluding hydrogens is 296 g/mol. The minimum atomic E-state index is -0.693. The highest BCUT2D eigenvalue weighted by molar-refractivity contribution is 5.91. The molecule has 1 aromatic rings. The zero-order valence-electron chi connectivity index (χ0n) is 13.0. The van der Waals surface area contributed by atoms with Gasteiger partial charge in [-0.25, -0.2) is 0 Å².